The van der Waals surface area contributed by atoms with Crippen LogP contribution in [0.5, 0.6) is 5.75 Å². The van der Waals surface area contributed by atoms with Crippen LogP contribution in [0.25, 0.3) is 0 Å². The fourth-order valence-corrected chi connectivity index (χ4v) is 3.31. The normalized spacial score (nSPS) is 20.6. The average molecular weight is 344 g/mol. The largest absolute Gasteiger partial charge is 0.492 e. The molecule has 2 unspecified atom stereocenters. The first-order valence-corrected chi connectivity index (χ1v) is 8.91. The van der Waals surface area contributed by atoms with Gasteiger partial charge in [0.1, 0.15) is 12.4 Å². The van der Waals surface area contributed by atoms with E-state index in [9.17, 15) is 4.79 Å². The van der Waals surface area contributed by atoms with Gasteiger partial charge in [-0.2, -0.15) is 5.26 Å². The van der Waals surface area contributed by atoms with Gasteiger partial charge in [-0.1, -0.05) is 13.8 Å². The molecule has 25 heavy (non-hydrogen) atoms. The molecule has 2 atom stereocenters. The zero-order valence-electron chi connectivity index (χ0n) is 15.4. The van der Waals surface area contributed by atoms with E-state index in [1.54, 1.807) is 24.3 Å². The van der Waals surface area contributed by atoms with Gasteiger partial charge in [-0.15, -0.1) is 0 Å². The van der Waals surface area contributed by atoms with Crippen molar-refractivity contribution in [2.75, 3.05) is 39.8 Å². The third-order valence-electron chi connectivity index (χ3n) is 4.84. The summed E-state index contributed by atoms with van der Waals surface area (Å²) in [6.07, 6.45) is 1.01. The fourth-order valence-electron chi connectivity index (χ4n) is 3.31. The molecule has 1 N–H and O–H groups in total. The van der Waals surface area contributed by atoms with Crippen LogP contribution in [-0.4, -0.2) is 61.7 Å². The number of piperidine rings is 1. The second-order valence-electron chi connectivity index (χ2n) is 6.55. The molecule has 1 aliphatic heterocycles. The van der Waals surface area contributed by atoms with Crippen molar-refractivity contribution in [2.45, 2.75) is 26.3 Å². The molecule has 0 bridgehead atoms. The van der Waals surface area contributed by atoms with Crippen molar-refractivity contribution in [1.82, 2.24) is 15.1 Å². The molecule has 1 heterocycles. The molecule has 0 aromatic heterocycles. The van der Waals surface area contributed by atoms with Crippen molar-refractivity contribution < 1.29 is 9.53 Å². The lowest BCUT2D eigenvalue weighted by Gasteiger charge is -2.40. The molecule has 2 amide bonds. The number of rotatable bonds is 6. The summed E-state index contributed by atoms with van der Waals surface area (Å²) in [5.41, 5.74) is 0.602. The van der Waals surface area contributed by atoms with Crippen molar-refractivity contribution in [3.63, 3.8) is 0 Å². The molecule has 1 aliphatic rings. The van der Waals surface area contributed by atoms with Crippen LogP contribution in [0.15, 0.2) is 24.3 Å². The highest BCUT2D eigenvalue weighted by Gasteiger charge is 2.30. The predicted molar refractivity (Wildman–Crippen MR) is 97.5 cm³/mol. The highest BCUT2D eigenvalue weighted by atomic mass is 16.5. The van der Waals surface area contributed by atoms with Gasteiger partial charge in [-0.05, 0) is 43.1 Å². The van der Waals surface area contributed by atoms with Crippen LogP contribution in [0.1, 0.15) is 25.8 Å². The topological polar surface area (TPSA) is 68.6 Å². The van der Waals surface area contributed by atoms with Gasteiger partial charge in [-0.3, -0.25) is 0 Å². The van der Waals surface area contributed by atoms with Crippen molar-refractivity contribution in [2.24, 2.45) is 5.92 Å². The zero-order valence-corrected chi connectivity index (χ0v) is 15.4. The van der Waals surface area contributed by atoms with E-state index in [0.717, 1.165) is 26.1 Å². The first-order chi connectivity index (χ1) is 12.0. The number of nitrogens with one attached hydrogen (secondary N) is 1. The van der Waals surface area contributed by atoms with Crippen LogP contribution in [0.4, 0.5) is 4.79 Å². The monoisotopic (exact) mass is 344 g/mol. The van der Waals surface area contributed by atoms with Gasteiger partial charge in [0, 0.05) is 26.2 Å². The van der Waals surface area contributed by atoms with Gasteiger partial charge in [0.2, 0.25) is 0 Å². The lowest BCUT2D eigenvalue weighted by atomic mass is 9.93. The quantitative estimate of drug-likeness (QED) is 0.804. The van der Waals surface area contributed by atoms with E-state index < -0.39 is 0 Å². The Bertz CT molecular complexity index is 596. The number of likely N-dealkylation sites (tertiary alicyclic amines) is 1. The Balaban J connectivity index is 1.71. The molecular weight excluding hydrogens is 316 g/mol. The van der Waals surface area contributed by atoms with E-state index in [1.165, 1.54) is 0 Å². The number of hydrogen-bond donors (Lipinski definition) is 1. The van der Waals surface area contributed by atoms with Crippen LogP contribution < -0.4 is 10.1 Å². The molecule has 1 aromatic carbocycles. The summed E-state index contributed by atoms with van der Waals surface area (Å²) in [4.78, 5) is 16.6. The minimum absolute atomic E-state index is 0.0507. The van der Waals surface area contributed by atoms with Crippen LogP contribution in [0.3, 0.4) is 0 Å². The highest BCUT2D eigenvalue weighted by molar-refractivity contribution is 5.74. The first kappa shape index (κ1) is 19.1. The minimum Gasteiger partial charge on any atom is -0.492 e. The Morgan fingerprint density at radius 3 is 2.76 bits per heavy atom. The number of carbonyl (C=O) groups is 1. The SMILES string of the molecule is CCN1CCC(N(C)C(=O)NCCOc2ccc(C#N)cc2)C(C)C1. The van der Waals surface area contributed by atoms with Crippen LogP contribution in [0.2, 0.25) is 0 Å². The molecule has 6 heteroatoms. The molecule has 1 fully saturated rings. The summed E-state index contributed by atoms with van der Waals surface area (Å²) < 4.78 is 5.58. The Morgan fingerprint density at radius 1 is 1.44 bits per heavy atom. The van der Waals surface area contributed by atoms with Crippen molar-refractivity contribution in [1.29, 1.82) is 5.26 Å². The second-order valence-corrected chi connectivity index (χ2v) is 6.55. The maximum atomic E-state index is 12.3. The van der Waals surface area contributed by atoms with Crippen molar-refractivity contribution >= 4 is 6.03 Å². The maximum Gasteiger partial charge on any atom is 0.317 e. The maximum absolute atomic E-state index is 12.3. The molecule has 0 spiro atoms. The van der Waals surface area contributed by atoms with E-state index >= 15 is 0 Å². The molecule has 0 saturated carbocycles. The number of benzene rings is 1. The summed E-state index contributed by atoms with van der Waals surface area (Å²) in [5, 5.41) is 11.7. The minimum atomic E-state index is -0.0507. The lowest BCUT2D eigenvalue weighted by Crippen LogP contribution is -2.53. The van der Waals surface area contributed by atoms with Gasteiger partial charge in [0.05, 0.1) is 18.2 Å². The molecule has 2 rings (SSSR count). The van der Waals surface area contributed by atoms with E-state index in [0.29, 0.717) is 30.4 Å². The fraction of sp³-hybridized carbons (Fsp3) is 0.579. The highest BCUT2D eigenvalue weighted by Crippen LogP contribution is 2.21. The van der Waals surface area contributed by atoms with Gasteiger partial charge in [0.25, 0.3) is 0 Å². The molecule has 0 aliphatic carbocycles. The summed E-state index contributed by atoms with van der Waals surface area (Å²) in [6, 6.07) is 9.25. The van der Waals surface area contributed by atoms with Gasteiger partial charge in [-0.25, -0.2) is 4.79 Å². The summed E-state index contributed by atoms with van der Waals surface area (Å²) in [5.74, 6) is 1.17. The predicted octanol–water partition coefficient (Wildman–Crippen LogP) is 2.31. The smallest absolute Gasteiger partial charge is 0.317 e. The number of nitriles is 1. The van der Waals surface area contributed by atoms with Gasteiger partial charge < -0.3 is 19.9 Å². The van der Waals surface area contributed by atoms with Crippen molar-refractivity contribution in [3.8, 4) is 11.8 Å². The number of ether oxygens (including phenoxy) is 1. The van der Waals surface area contributed by atoms with Gasteiger partial charge in [0.15, 0.2) is 0 Å². The third-order valence-corrected chi connectivity index (χ3v) is 4.84. The van der Waals surface area contributed by atoms with E-state index in [4.69, 9.17) is 10.00 Å². The summed E-state index contributed by atoms with van der Waals surface area (Å²) in [7, 11) is 1.87. The van der Waals surface area contributed by atoms with E-state index in [1.807, 2.05) is 11.9 Å². The van der Waals surface area contributed by atoms with Crippen LogP contribution in [-0.2, 0) is 0 Å². The van der Waals surface area contributed by atoms with Crippen LogP contribution >= 0.6 is 0 Å². The number of carbonyl (C=O) groups excluding carboxylic acids is 1. The number of nitrogens with zero attached hydrogens (tertiary/aromatic N) is 3. The standard InChI is InChI=1S/C19H28N4O2/c1-4-23-11-9-18(15(2)14-23)22(3)19(24)21-10-12-25-17-7-5-16(13-20)6-8-17/h5-8,15,18H,4,9-12,14H2,1-3H3,(H,21,24). The van der Waals surface area contributed by atoms with Gasteiger partial charge >= 0.3 is 6.03 Å². The average Bonchev–Trinajstić information content (AvgIpc) is 2.64. The molecule has 0 radical (unpaired) electrons. The molecule has 1 saturated heterocycles. The van der Waals surface area contributed by atoms with Crippen molar-refractivity contribution in [3.05, 3.63) is 29.8 Å². The lowest BCUT2D eigenvalue weighted by molar-refractivity contribution is 0.0960. The van der Waals surface area contributed by atoms with E-state index in [2.05, 4.69) is 30.1 Å². The molecule has 6 nitrogen and oxygen atoms in total. The number of hydrogen-bond acceptors (Lipinski definition) is 4. The van der Waals surface area contributed by atoms with E-state index in [-0.39, 0.29) is 12.1 Å². The third kappa shape index (κ3) is 5.36. The Labute approximate surface area is 150 Å². The Morgan fingerprint density at radius 2 is 2.16 bits per heavy atom. The Hall–Kier alpha value is -2.26. The summed E-state index contributed by atoms with van der Waals surface area (Å²) in [6.45, 7) is 8.40. The number of urea groups is 1. The molecule has 1 aromatic rings. The second kappa shape index (κ2) is 9.28. The number of amides is 2. The first-order valence-electron chi connectivity index (χ1n) is 8.91. The summed E-state index contributed by atoms with van der Waals surface area (Å²) >= 11 is 0. The Kier molecular flexibility index (Phi) is 7.08. The van der Waals surface area contributed by atoms with Crippen LogP contribution in [0, 0.1) is 17.2 Å². The zero-order chi connectivity index (χ0) is 18.2. The molecule has 136 valence electrons. The molecular formula is C19H28N4O2.